The molecule has 164 valence electrons. The SMILES string of the molecule is O=C(CSCc1nc2sc3c(c2c(=O)[nH]1)CCCC3)Nc1ccc(Cl)c(C(F)(F)F)c1. The number of aromatic amines is 1. The van der Waals surface area contributed by atoms with Gasteiger partial charge < -0.3 is 10.3 Å². The first-order valence-electron chi connectivity index (χ1n) is 9.50. The molecule has 0 saturated heterocycles. The normalized spacial score (nSPS) is 13.9. The summed E-state index contributed by atoms with van der Waals surface area (Å²) < 4.78 is 38.8. The number of hydrogen-bond donors (Lipinski definition) is 2. The maximum absolute atomic E-state index is 12.9. The maximum atomic E-state index is 12.9. The van der Waals surface area contributed by atoms with Crippen LogP contribution in [0.4, 0.5) is 18.9 Å². The van der Waals surface area contributed by atoms with Crippen molar-refractivity contribution in [1.29, 1.82) is 0 Å². The molecule has 0 unspecified atom stereocenters. The molecule has 0 fully saturated rings. The van der Waals surface area contributed by atoms with Gasteiger partial charge in [-0.05, 0) is 49.4 Å². The zero-order valence-electron chi connectivity index (χ0n) is 16.1. The summed E-state index contributed by atoms with van der Waals surface area (Å²) in [6.45, 7) is 0. The van der Waals surface area contributed by atoms with Crippen molar-refractivity contribution >= 4 is 56.5 Å². The first kappa shape index (κ1) is 22.2. The molecule has 0 atom stereocenters. The summed E-state index contributed by atoms with van der Waals surface area (Å²) in [5.74, 6) is 0.303. The second kappa shape index (κ2) is 8.84. The van der Waals surface area contributed by atoms with E-state index in [0.29, 0.717) is 17.0 Å². The van der Waals surface area contributed by atoms with Gasteiger partial charge in [0.2, 0.25) is 5.91 Å². The number of amides is 1. The van der Waals surface area contributed by atoms with Crippen molar-refractivity contribution in [3.05, 3.63) is 55.4 Å². The summed E-state index contributed by atoms with van der Waals surface area (Å²) in [5, 5.41) is 2.68. The highest BCUT2D eigenvalue weighted by Gasteiger charge is 2.33. The molecule has 0 spiro atoms. The average Bonchev–Trinajstić information content (AvgIpc) is 3.07. The summed E-state index contributed by atoms with van der Waals surface area (Å²) in [7, 11) is 0. The second-order valence-corrected chi connectivity index (χ2v) is 9.61. The lowest BCUT2D eigenvalue weighted by molar-refractivity contribution is -0.137. The molecule has 1 aromatic carbocycles. The number of nitrogens with one attached hydrogen (secondary N) is 2. The van der Waals surface area contributed by atoms with E-state index >= 15 is 0 Å². The number of hydrogen-bond acceptors (Lipinski definition) is 5. The Kier molecular flexibility index (Phi) is 6.32. The Morgan fingerprint density at radius 2 is 2.06 bits per heavy atom. The fraction of sp³-hybridized carbons (Fsp3) is 0.350. The van der Waals surface area contributed by atoms with Crippen LogP contribution in [-0.2, 0) is 29.6 Å². The van der Waals surface area contributed by atoms with Crippen molar-refractivity contribution in [1.82, 2.24) is 9.97 Å². The Morgan fingerprint density at radius 1 is 1.29 bits per heavy atom. The zero-order valence-corrected chi connectivity index (χ0v) is 18.5. The van der Waals surface area contributed by atoms with Gasteiger partial charge in [0, 0.05) is 10.6 Å². The van der Waals surface area contributed by atoms with E-state index in [-0.39, 0.29) is 17.0 Å². The van der Waals surface area contributed by atoms with Crippen LogP contribution in [0.15, 0.2) is 23.0 Å². The number of alkyl halides is 3. The number of aryl methyl sites for hydroxylation is 2. The molecule has 0 bridgehead atoms. The van der Waals surface area contributed by atoms with E-state index < -0.39 is 22.7 Å². The van der Waals surface area contributed by atoms with E-state index in [4.69, 9.17) is 11.6 Å². The summed E-state index contributed by atoms with van der Waals surface area (Å²) in [5.41, 5.74) is -0.0437. The molecule has 1 aliphatic carbocycles. The molecule has 5 nitrogen and oxygen atoms in total. The molecule has 31 heavy (non-hydrogen) atoms. The van der Waals surface area contributed by atoms with E-state index in [9.17, 15) is 22.8 Å². The van der Waals surface area contributed by atoms with Gasteiger partial charge in [-0.2, -0.15) is 13.2 Å². The lowest BCUT2D eigenvalue weighted by Crippen LogP contribution is -2.16. The smallest absolute Gasteiger partial charge is 0.325 e. The van der Waals surface area contributed by atoms with Gasteiger partial charge in [0.25, 0.3) is 5.56 Å². The number of carbonyl (C=O) groups is 1. The quantitative estimate of drug-likeness (QED) is 0.504. The number of anilines is 1. The lowest BCUT2D eigenvalue weighted by atomic mass is 9.97. The Bertz CT molecular complexity index is 1210. The van der Waals surface area contributed by atoms with Gasteiger partial charge in [-0.1, -0.05) is 11.6 Å². The Hall–Kier alpha value is -2.04. The summed E-state index contributed by atoms with van der Waals surface area (Å²) in [6, 6.07) is 3.21. The van der Waals surface area contributed by atoms with Crippen LogP contribution in [0.2, 0.25) is 5.02 Å². The van der Waals surface area contributed by atoms with Gasteiger partial charge in [-0.25, -0.2) is 4.98 Å². The average molecular weight is 488 g/mol. The van der Waals surface area contributed by atoms with Crippen molar-refractivity contribution in [2.75, 3.05) is 11.1 Å². The molecule has 1 amide bonds. The Labute approximate surface area is 188 Å². The van der Waals surface area contributed by atoms with Crippen LogP contribution in [0.3, 0.4) is 0 Å². The minimum atomic E-state index is -4.61. The van der Waals surface area contributed by atoms with E-state index in [2.05, 4.69) is 15.3 Å². The van der Waals surface area contributed by atoms with Crippen LogP contribution in [0.25, 0.3) is 10.2 Å². The number of aromatic nitrogens is 2. The number of fused-ring (bicyclic) bond motifs is 3. The number of halogens is 4. The molecule has 0 radical (unpaired) electrons. The van der Waals surface area contributed by atoms with Crippen LogP contribution >= 0.6 is 34.7 Å². The van der Waals surface area contributed by atoms with E-state index in [0.717, 1.165) is 48.2 Å². The molecular formula is C20H17ClF3N3O2S2. The first-order valence-corrected chi connectivity index (χ1v) is 11.8. The first-order chi connectivity index (χ1) is 14.7. The number of benzene rings is 1. The molecule has 0 saturated carbocycles. The molecular weight excluding hydrogens is 471 g/mol. The van der Waals surface area contributed by atoms with Crippen molar-refractivity contribution in [3.8, 4) is 0 Å². The summed E-state index contributed by atoms with van der Waals surface area (Å²) >= 11 is 8.35. The number of thiophene rings is 1. The number of H-pyrrole nitrogens is 1. The molecule has 0 aliphatic heterocycles. The predicted molar refractivity (Wildman–Crippen MR) is 118 cm³/mol. The van der Waals surface area contributed by atoms with Gasteiger partial charge in [0.1, 0.15) is 10.7 Å². The topological polar surface area (TPSA) is 74.8 Å². The van der Waals surface area contributed by atoms with Gasteiger partial charge in [0.05, 0.1) is 27.5 Å². The van der Waals surface area contributed by atoms with Crippen LogP contribution in [0.1, 0.15) is 34.7 Å². The highest BCUT2D eigenvalue weighted by molar-refractivity contribution is 7.99. The van der Waals surface area contributed by atoms with Crippen LogP contribution < -0.4 is 10.9 Å². The zero-order chi connectivity index (χ0) is 22.2. The van der Waals surface area contributed by atoms with Crippen LogP contribution in [0, 0.1) is 0 Å². The van der Waals surface area contributed by atoms with Crippen LogP contribution in [-0.4, -0.2) is 21.6 Å². The largest absolute Gasteiger partial charge is 0.417 e. The van der Waals surface area contributed by atoms with Gasteiger partial charge in [-0.15, -0.1) is 23.1 Å². The highest BCUT2D eigenvalue weighted by Crippen LogP contribution is 2.36. The van der Waals surface area contributed by atoms with Crippen molar-refractivity contribution in [2.45, 2.75) is 37.6 Å². The fourth-order valence-electron chi connectivity index (χ4n) is 3.53. The number of rotatable bonds is 5. The monoisotopic (exact) mass is 487 g/mol. The number of nitrogens with zero attached hydrogens (tertiary/aromatic N) is 1. The Morgan fingerprint density at radius 3 is 2.84 bits per heavy atom. The predicted octanol–water partition coefficient (Wildman–Crippen LogP) is 5.41. The minimum Gasteiger partial charge on any atom is -0.325 e. The molecule has 3 aromatic rings. The van der Waals surface area contributed by atoms with E-state index in [1.54, 1.807) is 11.3 Å². The standard InChI is InChI=1S/C20H17ClF3N3O2S2/c21-13-6-5-10(7-12(13)20(22,23)24)25-16(28)9-30-8-15-26-18(29)17-11-3-1-2-4-14(11)31-19(17)27-15/h5-7H,1-4,8-9H2,(H,25,28)(H,26,27,29). The third kappa shape index (κ3) is 4.91. The summed E-state index contributed by atoms with van der Waals surface area (Å²) in [4.78, 5) is 33.9. The molecule has 4 rings (SSSR count). The van der Waals surface area contributed by atoms with Crippen molar-refractivity contribution in [2.24, 2.45) is 0 Å². The van der Waals surface area contributed by atoms with E-state index in [1.807, 2.05) is 0 Å². The maximum Gasteiger partial charge on any atom is 0.417 e. The van der Waals surface area contributed by atoms with E-state index in [1.165, 1.54) is 22.7 Å². The van der Waals surface area contributed by atoms with Crippen molar-refractivity contribution < 1.29 is 18.0 Å². The molecule has 2 N–H and O–H groups in total. The third-order valence-electron chi connectivity index (χ3n) is 4.90. The highest BCUT2D eigenvalue weighted by atomic mass is 35.5. The molecule has 1 aliphatic rings. The number of carbonyl (C=O) groups excluding carboxylic acids is 1. The third-order valence-corrected chi connectivity index (χ3v) is 7.36. The Balaban J connectivity index is 1.39. The van der Waals surface area contributed by atoms with Crippen LogP contribution in [0.5, 0.6) is 0 Å². The second-order valence-electron chi connectivity index (χ2n) is 7.14. The molecule has 11 heteroatoms. The lowest BCUT2D eigenvalue weighted by Gasteiger charge is -2.11. The van der Waals surface area contributed by atoms with Crippen molar-refractivity contribution in [3.63, 3.8) is 0 Å². The molecule has 2 aromatic heterocycles. The fourth-order valence-corrected chi connectivity index (χ4v) is 5.73. The summed E-state index contributed by atoms with van der Waals surface area (Å²) in [6.07, 6.45) is -0.545. The minimum absolute atomic E-state index is 0.00728. The number of thioether (sulfide) groups is 1. The van der Waals surface area contributed by atoms with Gasteiger partial charge >= 0.3 is 6.18 Å². The van der Waals surface area contributed by atoms with Gasteiger partial charge in [0.15, 0.2) is 0 Å². The van der Waals surface area contributed by atoms with Gasteiger partial charge in [-0.3, -0.25) is 9.59 Å². The molecule has 2 heterocycles.